The highest BCUT2D eigenvalue weighted by atomic mass is 35.5. The van der Waals surface area contributed by atoms with Crippen LogP contribution in [-0.4, -0.2) is 16.9 Å². The van der Waals surface area contributed by atoms with E-state index in [9.17, 15) is 4.79 Å². The number of pyridine rings is 1. The van der Waals surface area contributed by atoms with E-state index in [-0.39, 0.29) is 17.6 Å². The van der Waals surface area contributed by atoms with Crippen LogP contribution in [0.25, 0.3) is 0 Å². The van der Waals surface area contributed by atoms with Crippen LogP contribution in [0.3, 0.4) is 0 Å². The molecule has 0 fully saturated rings. The van der Waals surface area contributed by atoms with Gasteiger partial charge in [0.2, 0.25) is 0 Å². The second kappa shape index (κ2) is 4.95. The van der Waals surface area contributed by atoms with Gasteiger partial charge in [0.05, 0.1) is 5.02 Å². The number of hydrazine groups is 1. The number of carbonyl (C=O) groups excluding carboxylic acids is 1. The molecule has 0 atom stereocenters. The first-order chi connectivity index (χ1) is 7.04. The lowest BCUT2D eigenvalue weighted by Crippen LogP contribution is -2.31. The number of hydrogen-bond acceptors (Lipinski definition) is 4. The van der Waals surface area contributed by atoms with Crippen molar-refractivity contribution in [3.05, 3.63) is 22.8 Å². The Morgan fingerprint density at radius 1 is 1.53 bits per heavy atom. The van der Waals surface area contributed by atoms with Crippen molar-refractivity contribution < 1.29 is 4.79 Å². The SMILES string of the molecule is CC(C)NC(=O)c1nc(NN)ccc1Cl. The quantitative estimate of drug-likeness (QED) is 0.536. The molecule has 0 aromatic carbocycles. The van der Waals surface area contributed by atoms with Gasteiger partial charge in [0, 0.05) is 6.04 Å². The Labute approximate surface area is 93.0 Å². The highest BCUT2D eigenvalue weighted by Gasteiger charge is 2.13. The van der Waals surface area contributed by atoms with Gasteiger partial charge in [-0.25, -0.2) is 10.8 Å². The highest BCUT2D eigenvalue weighted by molar-refractivity contribution is 6.33. The van der Waals surface area contributed by atoms with Crippen LogP contribution in [0, 0.1) is 0 Å². The summed E-state index contributed by atoms with van der Waals surface area (Å²) in [5.74, 6) is 5.27. The van der Waals surface area contributed by atoms with Gasteiger partial charge in [0.25, 0.3) is 5.91 Å². The van der Waals surface area contributed by atoms with Crippen LogP contribution in [-0.2, 0) is 0 Å². The van der Waals surface area contributed by atoms with Gasteiger partial charge in [0.15, 0.2) is 0 Å². The molecule has 6 heteroatoms. The normalized spacial score (nSPS) is 10.2. The fraction of sp³-hybridized carbons (Fsp3) is 0.333. The zero-order valence-corrected chi connectivity index (χ0v) is 9.30. The topological polar surface area (TPSA) is 80.0 Å². The Balaban J connectivity index is 2.96. The lowest BCUT2D eigenvalue weighted by Gasteiger charge is -2.09. The molecule has 1 aromatic rings. The van der Waals surface area contributed by atoms with E-state index in [1.54, 1.807) is 12.1 Å². The van der Waals surface area contributed by atoms with E-state index in [0.29, 0.717) is 10.8 Å². The smallest absolute Gasteiger partial charge is 0.271 e. The molecule has 0 radical (unpaired) electrons. The minimum absolute atomic E-state index is 0.0323. The number of hydrogen-bond donors (Lipinski definition) is 3. The van der Waals surface area contributed by atoms with E-state index >= 15 is 0 Å². The monoisotopic (exact) mass is 228 g/mol. The third kappa shape index (κ3) is 3.07. The van der Waals surface area contributed by atoms with E-state index in [1.807, 2.05) is 13.8 Å². The summed E-state index contributed by atoms with van der Waals surface area (Å²) in [5.41, 5.74) is 2.52. The lowest BCUT2D eigenvalue weighted by atomic mass is 10.3. The predicted molar refractivity (Wildman–Crippen MR) is 59.7 cm³/mol. The molecular weight excluding hydrogens is 216 g/mol. The Bertz CT molecular complexity index is 367. The van der Waals surface area contributed by atoms with Crippen molar-refractivity contribution in [1.82, 2.24) is 10.3 Å². The van der Waals surface area contributed by atoms with Gasteiger partial charge < -0.3 is 10.7 Å². The molecule has 1 rings (SSSR count). The van der Waals surface area contributed by atoms with Crippen molar-refractivity contribution in [2.24, 2.45) is 5.84 Å². The third-order valence-corrected chi connectivity index (χ3v) is 1.93. The van der Waals surface area contributed by atoms with Gasteiger partial charge in [-0.15, -0.1) is 0 Å². The predicted octanol–water partition coefficient (Wildman–Crippen LogP) is 1.16. The summed E-state index contributed by atoms with van der Waals surface area (Å²) in [6, 6.07) is 3.19. The maximum atomic E-state index is 11.6. The maximum Gasteiger partial charge on any atom is 0.271 e. The Morgan fingerprint density at radius 3 is 2.73 bits per heavy atom. The second-order valence-electron chi connectivity index (χ2n) is 3.30. The summed E-state index contributed by atoms with van der Waals surface area (Å²) in [6.45, 7) is 3.72. The summed E-state index contributed by atoms with van der Waals surface area (Å²) in [6.07, 6.45) is 0. The minimum atomic E-state index is -0.313. The number of amides is 1. The summed E-state index contributed by atoms with van der Waals surface area (Å²) >= 11 is 5.84. The number of rotatable bonds is 3. The number of nitrogens with one attached hydrogen (secondary N) is 2. The molecular formula is C9H13ClN4O. The maximum absolute atomic E-state index is 11.6. The molecule has 0 aliphatic carbocycles. The summed E-state index contributed by atoms with van der Waals surface area (Å²) in [4.78, 5) is 15.6. The van der Waals surface area contributed by atoms with Crippen molar-refractivity contribution in [1.29, 1.82) is 0 Å². The van der Waals surface area contributed by atoms with E-state index < -0.39 is 0 Å². The average molecular weight is 229 g/mol. The van der Waals surface area contributed by atoms with Crippen molar-refractivity contribution >= 4 is 23.3 Å². The van der Waals surface area contributed by atoms with Gasteiger partial charge in [0.1, 0.15) is 11.5 Å². The minimum Gasteiger partial charge on any atom is -0.348 e. The lowest BCUT2D eigenvalue weighted by molar-refractivity contribution is 0.0938. The van der Waals surface area contributed by atoms with Crippen LogP contribution < -0.4 is 16.6 Å². The van der Waals surface area contributed by atoms with Gasteiger partial charge >= 0.3 is 0 Å². The van der Waals surface area contributed by atoms with Crippen LogP contribution in [0.2, 0.25) is 5.02 Å². The molecule has 0 unspecified atom stereocenters. The molecule has 0 spiro atoms. The fourth-order valence-electron chi connectivity index (χ4n) is 1.01. The number of halogens is 1. The second-order valence-corrected chi connectivity index (χ2v) is 3.71. The van der Waals surface area contributed by atoms with E-state index in [4.69, 9.17) is 17.4 Å². The van der Waals surface area contributed by atoms with E-state index in [2.05, 4.69) is 15.7 Å². The molecule has 1 heterocycles. The van der Waals surface area contributed by atoms with Gasteiger partial charge in [-0.3, -0.25) is 4.79 Å². The van der Waals surface area contributed by atoms with Crippen LogP contribution in [0.4, 0.5) is 5.82 Å². The Hall–Kier alpha value is -1.33. The molecule has 82 valence electrons. The molecule has 0 saturated carbocycles. The third-order valence-electron chi connectivity index (χ3n) is 1.63. The first kappa shape index (κ1) is 11.7. The molecule has 4 N–H and O–H groups in total. The number of aromatic nitrogens is 1. The van der Waals surface area contributed by atoms with Crippen molar-refractivity contribution in [2.45, 2.75) is 19.9 Å². The van der Waals surface area contributed by atoms with Gasteiger partial charge in [-0.1, -0.05) is 11.6 Å². The molecule has 0 bridgehead atoms. The summed E-state index contributed by atoms with van der Waals surface area (Å²) in [7, 11) is 0. The molecule has 5 nitrogen and oxygen atoms in total. The highest BCUT2D eigenvalue weighted by Crippen LogP contribution is 2.16. The molecule has 15 heavy (non-hydrogen) atoms. The number of anilines is 1. The number of nitrogen functional groups attached to an aromatic ring is 1. The van der Waals surface area contributed by atoms with Crippen LogP contribution >= 0.6 is 11.6 Å². The van der Waals surface area contributed by atoms with Crippen molar-refractivity contribution in [2.75, 3.05) is 5.43 Å². The first-order valence-electron chi connectivity index (χ1n) is 4.48. The summed E-state index contributed by atoms with van der Waals surface area (Å²) in [5, 5.41) is 2.99. The van der Waals surface area contributed by atoms with Gasteiger partial charge in [-0.2, -0.15) is 0 Å². The van der Waals surface area contributed by atoms with Gasteiger partial charge in [-0.05, 0) is 26.0 Å². The summed E-state index contributed by atoms with van der Waals surface area (Å²) < 4.78 is 0. The molecule has 0 aliphatic heterocycles. The number of carbonyl (C=O) groups is 1. The Kier molecular flexibility index (Phi) is 3.88. The molecule has 0 aliphatic rings. The average Bonchev–Trinajstić information content (AvgIpc) is 2.17. The largest absolute Gasteiger partial charge is 0.348 e. The standard InChI is InChI=1S/C9H13ClN4O/c1-5(2)12-9(15)8-6(10)3-4-7(13-8)14-11/h3-5H,11H2,1-2H3,(H,12,15)(H,13,14). The zero-order chi connectivity index (χ0) is 11.4. The van der Waals surface area contributed by atoms with Crippen LogP contribution in [0.15, 0.2) is 12.1 Å². The van der Waals surface area contributed by atoms with E-state index in [1.165, 1.54) is 0 Å². The number of nitrogens with two attached hydrogens (primary N) is 1. The number of nitrogens with zero attached hydrogens (tertiary/aromatic N) is 1. The van der Waals surface area contributed by atoms with Crippen LogP contribution in [0.1, 0.15) is 24.3 Å². The molecule has 1 aromatic heterocycles. The molecule has 0 saturated heterocycles. The van der Waals surface area contributed by atoms with Crippen LogP contribution in [0.5, 0.6) is 0 Å². The first-order valence-corrected chi connectivity index (χ1v) is 4.86. The fourth-order valence-corrected chi connectivity index (χ4v) is 1.20. The molecule has 1 amide bonds. The zero-order valence-electron chi connectivity index (χ0n) is 8.54. The Morgan fingerprint density at radius 2 is 2.20 bits per heavy atom. The van der Waals surface area contributed by atoms with E-state index in [0.717, 1.165) is 0 Å². The van der Waals surface area contributed by atoms with Crippen molar-refractivity contribution in [3.8, 4) is 0 Å². The van der Waals surface area contributed by atoms with Crippen molar-refractivity contribution in [3.63, 3.8) is 0 Å².